The molecule has 0 fully saturated rings. The summed E-state index contributed by atoms with van der Waals surface area (Å²) in [5.74, 6) is 0.200. The van der Waals surface area contributed by atoms with Gasteiger partial charge in [0.15, 0.2) is 11.5 Å². The molecule has 2 aromatic heterocycles. The van der Waals surface area contributed by atoms with E-state index in [9.17, 15) is 9.18 Å². The fraction of sp³-hybridized carbons (Fsp3) is 0.217. The van der Waals surface area contributed by atoms with Gasteiger partial charge in [-0.1, -0.05) is 18.2 Å². The van der Waals surface area contributed by atoms with E-state index in [1.165, 1.54) is 18.5 Å². The van der Waals surface area contributed by atoms with Gasteiger partial charge in [0.05, 0.1) is 12.4 Å². The lowest BCUT2D eigenvalue weighted by Gasteiger charge is -2.40. The molecule has 8 heteroatoms. The largest absolute Gasteiger partial charge is 0.364 e. The molecule has 4 aromatic rings. The Morgan fingerprint density at radius 3 is 2.77 bits per heavy atom. The van der Waals surface area contributed by atoms with Crippen molar-refractivity contribution in [1.29, 1.82) is 0 Å². The number of imidazole rings is 1. The molecule has 1 unspecified atom stereocenters. The normalized spacial score (nSPS) is 16.9. The number of rotatable bonds is 4. The summed E-state index contributed by atoms with van der Waals surface area (Å²) in [7, 11) is 0. The molecule has 1 aliphatic rings. The first-order chi connectivity index (χ1) is 15.0. The van der Waals surface area contributed by atoms with Gasteiger partial charge in [-0.05, 0) is 55.7 Å². The van der Waals surface area contributed by atoms with Crippen LogP contribution in [0.1, 0.15) is 28.4 Å². The predicted octanol–water partition coefficient (Wildman–Crippen LogP) is 3.87. The topological polar surface area (TPSA) is 86.8 Å². The summed E-state index contributed by atoms with van der Waals surface area (Å²) in [5, 5.41) is 3.43. The van der Waals surface area contributed by atoms with E-state index in [1.54, 1.807) is 23.4 Å². The molecule has 2 atom stereocenters. The van der Waals surface area contributed by atoms with Crippen LogP contribution in [0.5, 0.6) is 0 Å². The quantitative estimate of drug-likeness (QED) is 0.527. The fourth-order valence-electron chi connectivity index (χ4n) is 4.29. The minimum atomic E-state index is -0.338. The van der Waals surface area contributed by atoms with Gasteiger partial charge in [-0.2, -0.15) is 0 Å². The third-order valence-electron chi connectivity index (χ3n) is 5.82. The van der Waals surface area contributed by atoms with Crippen molar-refractivity contribution >= 4 is 28.6 Å². The average molecular weight is 416 g/mol. The van der Waals surface area contributed by atoms with Crippen LogP contribution in [-0.4, -0.2) is 37.9 Å². The van der Waals surface area contributed by atoms with Crippen molar-refractivity contribution in [2.24, 2.45) is 0 Å². The molecule has 3 heterocycles. The number of fused-ring (bicyclic) bond motifs is 2. The van der Waals surface area contributed by atoms with Gasteiger partial charge in [0.2, 0.25) is 0 Å². The number of carbonyl (C=O) groups excluding carboxylic acids is 1. The third-order valence-corrected chi connectivity index (χ3v) is 5.82. The Balaban J connectivity index is 1.56. The highest BCUT2D eigenvalue weighted by molar-refractivity contribution is 6.09. The fourth-order valence-corrected chi connectivity index (χ4v) is 4.29. The molecule has 0 saturated heterocycles. The second kappa shape index (κ2) is 7.46. The molecule has 7 nitrogen and oxygen atoms in total. The number of benzene rings is 2. The minimum Gasteiger partial charge on any atom is -0.364 e. The molecule has 156 valence electrons. The Kier molecular flexibility index (Phi) is 4.62. The van der Waals surface area contributed by atoms with E-state index in [2.05, 4.69) is 25.3 Å². The highest BCUT2D eigenvalue weighted by Crippen LogP contribution is 2.32. The van der Waals surface area contributed by atoms with Crippen LogP contribution >= 0.6 is 0 Å². The zero-order valence-corrected chi connectivity index (χ0v) is 17.1. The van der Waals surface area contributed by atoms with Crippen molar-refractivity contribution in [3.8, 4) is 0 Å². The Labute approximate surface area is 178 Å². The summed E-state index contributed by atoms with van der Waals surface area (Å²) in [6, 6.07) is 11.6. The van der Waals surface area contributed by atoms with Gasteiger partial charge in [0.25, 0.3) is 5.91 Å². The number of carbonyl (C=O) groups is 1. The molecule has 0 aliphatic carbocycles. The van der Waals surface area contributed by atoms with Crippen LogP contribution in [-0.2, 0) is 6.42 Å². The van der Waals surface area contributed by atoms with E-state index in [0.717, 1.165) is 11.1 Å². The monoisotopic (exact) mass is 416 g/mol. The highest BCUT2D eigenvalue weighted by atomic mass is 19.1. The number of halogens is 1. The lowest BCUT2D eigenvalue weighted by Crippen LogP contribution is -2.53. The van der Waals surface area contributed by atoms with Crippen LogP contribution in [0.3, 0.4) is 0 Å². The van der Waals surface area contributed by atoms with Crippen molar-refractivity contribution in [2.75, 3.05) is 10.2 Å². The average Bonchev–Trinajstić information content (AvgIpc) is 3.24. The smallest absolute Gasteiger partial charge is 0.259 e. The number of anilines is 2. The number of amides is 1. The number of aromatic amines is 1. The molecule has 1 amide bonds. The molecule has 31 heavy (non-hydrogen) atoms. The van der Waals surface area contributed by atoms with Gasteiger partial charge in [-0.15, -0.1) is 0 Å². The van der Waals surface area contributed by atoms with E-state index < -0.39 is 0 Å². The molecular formula is C23H21FN6O. The zero-order valence-electron chi connectivity index (χ0n) is 17.1. The molecular weight excluding hydrogens is 395 g/mol. The summed E-state index contributed by atoms with van der Waals surface area (Å²) >= 11 is 0. The second-order valence-electron chi connectivity index (χ2n) is 7.79. The van der Waals surface area contributed by atoms with Gasteiger partial charge < -0.3 is 15.2 Å². The lowest BCUT2D eigenvalue weighted by atomic mass is 9.87. The van der Waals surface area contributed by atoms with Gasteiger partial charge in [0, 0.05) is 17.3 Å². The lowest BCUT2D eigenvalue weighted by molar-refractivity contribution is 0.0964. The second-order valence-corrected chi connectivity index (χ2v) is 7.79. The van der Waals surface area contributed by atoms with Crippen LogP contribution < -0.4 is 10.2 Å². The highest BCUT2D eigenvalue weighted by Gasteiger charge is 2.37. The number of nitrogens with one attached hydrogen (secondary N) is 2. The Morgan fingerprint density at radius 1 is 1.16 bits per heavy atom. The third kappa shape index (κ3) is 3.30. The maximum atomic E-state index is 13.6. The summed E-state index contributed by atoms with van der Waals surface area (Å²) in [6.07, 6.45) is 3.69. The Morgan fingerprint density at radius 2 is 1.97 bits per heavy atom. The first kappa shape index (κ1) is 19.2. The van der Waals surface area contributed by atoms with Crippen LogP contribution in [0.2, 0.25) is 0 Å². The maximum absolute atomic E-state index is 13.6. The van der Waals surface area contributed by atoms with E-state index in [-0.39, 0.29) is 23.8 Å². The van der Waals surface area contributed by atoms with Gasteiger partial charge in [-0.3, -0.25) is 4.79 Å². The van der Waals surface area contributed by atoms with Crippen molar-refractivity contribution in [3.05, 3.63) is 77.6 Å². The predicted molar refractivity (Wildman–Crippen MR) is 117 cm³/mol. The first-order valence-corrected chi connectivity index (χ1v) is 10.1. The van der Waals surface area contributed by atoms with E-state index >= 15 is 0 Å². The SMILES string of the molecule is Cc1cccc2c1C(=O)N(c1ccc(F)cc1)C([C@H](C)Nc1ncnc3nc[nH]c13)C2. The molecule has 1 aliphatic heterocycles. The van der Waals surface area contributed by atoms with Crippen LogP contribution in [0.25, 0.3) is 11.2 Å². The van der Waals surface area contributed by atoms with Gasteiger partial charge in [0.1, 0.15) is 17.7 Å². The van der Waals surface area contributed by atoms with Gasteiger partial charge in [-0.25, -0.2) is 19.3 Å². The summed E-state index contributed by atoms with van der Waals surface area (Å²) in [6.45, 7) is 3.96. The Bertz CT molecular complexity index is 1270. The van der Waals surface area contributed by atoms with E-state index in [0.29, 0.717) is 34.7 Å². The molecule has 0 bridgehead atoms. The maximum Gasteiger partial charge on any atom is 0.259 e. The number of aryl methyl sites for hydroxylation is 1. The molecule has 0 spiro atoms. The number of H-pyrrole nitrogens is 1. The van der Waals surface area contributed by atoms with E-state index in [1.807, 2.05) is 32.0 Å². The number of hydrogen-bond donors (Lipinski definition) is 2. The molecule has 2 aromatic carbocycles. The minimum absolute atomic E-state index is 0.0843. The standard InChI is InChI=1S/C23H21FN6O/c1-13-4-3-5-15-10-18(14(2)29-22-20-21(26-11-25-20)27-12-28-22)30(23(31)19(13)15)17-8-6-16(24)7-9-17/h3-9,11-12,14,18H,10H2,1-2H3,(H2,25,26,27,28,29)/t14-,18?/m0/s1. The summed E-state index contributed by atoms with van der Waals surface area (Å²) in [5.41, 5.74) is 4.60. The number of nitrogens with zero attached hydrogens (tertiary/aromatic N) is 4. The Hall–Kier alpha value is -3.81. The molecule has 0 saturated carbocycles. The molecule has 0 radical (unpaired) electrons. The summed E-state index contributed by atoms with van der Waals surface area (Å²) in [4.78, 5) is 31.1. The molecule has 2 N–H and O–H groups in total. The number of hydrogen-bond acceptors (Lipinski definition) is 5. The van der Waals surface area contributed by atoms with Crippen molar-refractivity contribution in [3.63, 3.8) is 0 Å². The van der Waals surface area contributed by atoms with Crippen molar-refractivity contribution < 1.29 is 9.18 Å². The van der Waals surface area contributed by atoms with Gasteiger partial charge >= 0.3 is 0 Å². The molecule has 5 rings (SSSR count). The van der Waals surface area contributed by atoms with Crippen LogP contribution in [0.15, 0.2) is 55.1 Å². The number of aromatic nitrogens is 4. The van der Waals surface area contributed by atoms with Crippen LogP contribution in [0, 0.1) is 12.7 Å². The van der Waals surface area contributed by atoms with E-state index in [4.69, 9.17) is 0 Å². The van der Waals surface area contributed by atoms with Crippen LogP contribution in [0.4, 0.5) is 15.9 Å². The first-order valence-electron chi connectivity index (χ1n) is 10.1. The zero-order chi connectivity index (χ0) is 21.5. The summed E-state index contributed by atoms with van der Waals surface area (Å²) < 4.78 is 13.6. The van der Waals surface area contributed by atoms with Crippen molar-refractivity contribution in [1.82, 2.24) is 19.9 Å². The van der Waals surface area contributed by atoms with Crippen molar-refractivity contribution in [2.45, 2.75) is 32.4 Å².